The Bertz CT molecular complexity index is 540. The highest BCUT2D eigenvalue weighted by molar-refractivity contribution is 9.10. The second kappa shape index (κ2) is 8.34. The predicted octanol–water partition coefficient (Wildman–Crippen LogP) is 3.15. The molecule has 120 valence electrons. The van der Waals surface area contributed by atoms with Crippen LogP contribution >= 0.6 is 15.9 Å². The SMILES string of the molecule is C=CCOc1c(C)cc(Br)cc1C(=O)NCCN1CCCC1. The van der Waals surface area contributed by atoms with E-state index in [1.807, 2.05) is 13.0 Å². The fourth-order valence-corrected chi connectivity index (χ4v) is 3.23. The summed E-state index contributed by atoms with van der Waals surface area (Å²) in [4.78, 5) is 14.8. The highest BCUT2D eigenvalue weighted by Crippen LogP contribution is 2.28. The van der Waals surface area contributed by atoms with E-state index < -0.39 is 0 Å². The van der Waals surface area contributed by atoms with Gasteiger partial charge in [-0.3, -0.25) is 4.79 Å². The van der Waals surface area contributed by atoms with Crippen molar-refractivity contribution >= 4 is 21.8 Å². The second-order valence-electron chi connectivity index (χ2n) is 5.50. The number of rotatable bonds is 7. The first-order valence-corrected chi connectivity index (χ1v) is 8.45. The number of likely N-dealkylation sites (tertiary alicyclic amines) is 1. The van der Waals surface area contributed by atoms with E-state index >= 15 is 0 Å². The highest BCUT2D eigenvalue weighted by Gasteiger charge is 2.17. The van der Waals surface area contributed by atoms with Gasteiger partial charge in [0.1, 0.15) is 12.4 Å². The number of hydrogen-bond acceptors (Lipinski definition) is 3. The van der Waals surface area contributed by atoms with Crippen molar-refractivity contribution in [2.45, 2.75) is 19.8 Å². The van der Waals surface area contributed by atoms with E-state index in [1.54, 1.807) is 12.1 Å². The van der Waals surface area contributed by atoms with Crippen LogP contribution in [-0.4, -0.2) is 43.6 Å². The Morgan fingerprint density at radius 2 is 2.18 bits per heavy atom. The summed E-state index contributed by atoms with van der Waals surface area (Å²) in [7, 11) is 0. The van der Waals surface area contributed by atoms with Gasteiger partial charge in [0.15, 0.2) is 0 Å². The average Bonchev–Trinajstić information content (AvgIpc) is 2.99. The summed E-state index contributed by atoms with van der Waals surface area (Å²) < 4.78 is 6.54. The van der Waals surface area contributed by atoms with Crippen LogP contribution in [0.1, 0.15) is 28.8 Å². The Kier molecular flexibility index (Phi) is 6.46. The number of nitrogens with one attached hydrogen (secondary N) is 1. The Morgan fingerprint density at radius 1 is 1.45 bits per heavy atom. The lowest BCUT2D eigenvalue weighted by atomic mass is 10.1. The van der Waals surface area contributed by atoms with Crippen LogP contribution in [0.25, 0.3) is 0 Å². The first-order valence-electron chi connectivity index (χ1n) is 7.66. The van der Waals surface area contributed by atoms with Crippen LogP contribution in [-0.2, 0) is 0 Å². The van der Waals surface area contributed by atoms with Crippen molar-refractivity contribution in [1.29, 1.82) is 0 Å². The molecule has 0 unspecified atom stereocenters. The molecule has 0 spiro atoms. The fourth-order valence-electron chi connectivity index (χ4n) is 2.66. The number of ether oxygens (including phenoxy) is 1. The molecular weight excluding hydrogens is 344 g/mol. The molecule has 0 bridgehead atoms. The molecule has 0 aliphatic carbocycles. The lowest BCUT2D eigenvalue weighted by Crippen LogP contribution is -2.33. The number of halogens is 1. The maximum Gasteiger partial charge on any atom is 0.255 e. The van der Waals surface area contributed by atoms with Crippen molar-refractivity contribution in [3.05, 3.63) is 40.4 Å². The van der Waals surface area contributed by atoms with E-state index in [4.69, 9.17) is 4.74 Å². The number of amides is 1. The van der Waals surface area contributed by atoms with E-state index in [0.717, 1.165) is 29.7 Å². The zero-order chi connectivity index (χ0) is 15.9. The lowest BCUT2D eigenvalue weighted by molar-refractivity contribution is 0.0946. The summed E-state index contributed by atoms with van der Waals surface area (Å²) in [5, 5.41) is 2.99. The average molecular weight is 367 g/mol. The van der Waals surface area contributed by atoms with Gasteiger partial charge >= 0.3 is 0 Å². The quantitative estimate of drug-likeness (QED) is 0.753. The highest BCUT2D eigenvalue weighted by atomic mass is 79.9. The predicted molar refractivity (Wildman–Crippen MR) is 92.6 cm³/mol. The van der Waals surface area contributed by atoms with Crippen LogP contribution in [0.4, 0.5) is 0 Å². The summed E-state index contributed by atoms with van der Waals surface area (Å²) in [6.45, 7) is 9.81. The molecule has 2 rings (SSSR count). The topological polar surface area (TPSA) is 41.6 Å². The largest absolute Gasteiger partial charge is 0.488 e. The molecule has 0 saturated carbocycles. The van der Waals surface area contributed by atoms with Crippen LogP contribution in [0.2, 0.25) is 0 Å². The Morgan fingerprint density at radius 3 is 2.86 bits per heavy atom. The van der Waals surface area contributed by atoms with Gasteiger partial charge in [-0.1, -0.05) is 28.6 Å². The van der Waals surface area contributed by atoms with Gasteiger partial charge in [0.25, 0.3) is 5.91 Å². The first kappa shape index (κ1) is 17.0. The van der Waals surface area contributed by atoms with Gasteiger partial charge in [0, 0.05) is 17.6 Å². The summed E-state index contributed by atoms with van der Waals surface area (Å²) in [6, 6.07) is 3.75. The third-order valence-electron chi connectivity index (χ3n) is 3.74. The number of hydrogen-bond donors (Lipinski definition) is 1. The van der Waals surface area contributed by atoms with Crippen LogP contribution in [0.3, 0.4) is 0 Å². The number of aryl methyl sites for hydroxylation is 1. The number of carbonyl (C=O) groups is 1. The van der Waals surface area contributed by atoms with Gasteiger partial charge in [-0.05, 0) is 50.6 Å². The maximum absolute atomic E-state index is 12.5. The molecule has 0 atom stereocenters. The van der Waals surface area contributed by atoms with Gasteiger partial charge in [0.05, 0.1) is 5.56 Å². The lowest BCUT2D eigenvalue weighted by Gasteiger charge is -2.16. The van der Waals surface area contributed by atoms with E-state index in [0.29, 0.717) is 24.5 Å². The smallest absolute Gasteiger partial charge is 0.255 e. The third-order valence-corrected chi connectivity index (χ3v) is 4.20. The molecule has 1 aromatic rings. The molecule has 1 amide bonds. The first-order chi connectivity index (χ1) is 10.6. The van der Waals surface area contributed by atoms with Crippen molar-refractivity contribution in [1.82, 2.24) is 10.2 Å². The normalized spacial score (nSPS) is 14.8. The van der Waals surface area contributed by atoms with Crippen molar-refractivity contribution in [2.24, 2.45) is 0 Å². The molecule has 5 heteroatoms. The number of nitrogens with zero attached hydrogens (tertiary/aromatic N) is 1. The van der Waals surface area contributed by atoms with Gasteiger partial charge < -0.3 is 15.0 Å². The van der Waals surface area contributed by atoms with Crippen molar-refractivity contribution in [3.8, 4) is 5.75 Å². The van der Waals surface area contributed by atoms with Gasteiger partial charge in [-0.15, -0.1) is 0 Å². The van der Waals surface area contributed by atoms with Gasteiger partial charge in [-0.2, -0.15) is 0 Å². The Labute approximate surface area is 140 Å². The summed E-state index contributed by atoms with van der Waals surface area (Å²) in [5.41, 5.74) is 1.50. The molecule has 1 aliphatic rings. The molecule has 1 aromatic carbocycles. The Balaban J connectivity index is 2.01. The maximum atomic E-state index is 12.5. The molecule has 1 aliphatic heterocycles. The van der Waals surface area contributed by atoms with E-state index in [2.05, 4.69) is 32.7 Å². The minimum absolute atomic E-state index is 0.0948. The molecule has 1 fully saturated rings. The molecule has 22 heavy (non-hydrogen) atoms. The zero-order valence-electron chi connectivity index (χ0n) is 13.0. The number of carbonyl (C=O) groups excluding carboxylic acids is 1. The summed E-state index contributed by atoms with van der Waals surface area (Å²) in [5.74, 6) is 0.532. The molecule has 4 nitrogen and oxygen atoms in total. The van der Waals surface area contributed by atoms with E-state index in [1.165, 1.54) is 12.8 Å². The summed E-state index contributed by atoms with van der Waals surface area (Å²) >= 11 is 3.44. The van der Waals surface area contributed by atoms with Crippen LogP contribution in [0.15, 0.2) is 29.3 Å². The Hall–Kier alpha value is -1.33. The molecule has 1 heterocycles. The van der Waals surface area contributed by atoms with Crippen molar-refractivity contribution < 1.29 is 9.53 Å². The second-order valence-corrected chi connectivity index (χ2v) is 6.42. The van der Waals surface area contributed by atoms with Crippen LogP contribution in [0, 0.1) is 6.92 Å². The third kappa shape index (κ3) is 4.58. The van der Waals surface area contributed by atoms with Crippen molar-refractivity contribution in [2.75, 3.05) is 32.8 Å². The van der Waals surface area contributed by atoms with E-state index in [9.17, 15) is 4.79 Å². The molecule has 0 aromatic heterocycles. The molecule has 1 saturated heterocycles. The minimum atomic E-state index is -0.0948. The van der Waals surface area contributed by atoms with Gasteiger partial charge in [0.2, 0.25) is 0 Å². The number of benzene rings is 1. The molecule has 0 radical (unpaired) electrons. The molecular formula is C17H23BrN2O2. The van der Waals surface area contributed by atoms with Crippen molar-refractivity contribution in [3.63, 3.8) is 0 Å². The monoisotopic (exact) mass is 366 g/mol. The summed E-state index contributed by atoms with van der Waals surface area (Å²) in [6.07, 6.45) is 4.20. The standard InChI is InChI=1S/C17H23BrN2O2/c1-3-10-22-16-13(2)11-14(18)12-15(16)17(21)19-6-9-20-7-4-5-8-20/h3,11-12H,1,4-10H2,2H3,(H,19,21). The van der Waals surface area contributed by atoms with E-state index in [-0.39, 0.29) is 5.91 Å². The zero-order valence-corrected chi connectivity index (χ0v) is 14.6. The van der Waals surface area contributed by atoms with Crippen LogP contribution in [0.5, 0.6) is 5.75 Å². The van der Waals surface area contributed by atoms with Gasteiger partial charge in [-0.25, -0.2) is 0 Å². The van der Waals surface area contributed by atoms with Crippen LogP contribution < -0.4 is 10.1 Å². The molecule has 1 N–H and O–H groups in total. The minimum Gasteiger partial charge on any atom is -0.488 e. The fraction of sp³-hybridized carbons (Fsp3) is 0.471.